The van der Waals surface area contributed by atoms with Crippen LogP contribution in [0.15, 0.2) is 6.08 Å². The number of hydrogen-bond acceptors (Lipinski definition) is 3. The van der Waals surface area contributed by atoms with Gasteiger partial charge in [-0.05, 0) is 32.8 Å². The fourth-order valence-corrected chi connectivity index (χ4v) is 2.45. The summed E-state index contributed by atoms with van der Waals surface area (Å²) in [4.78, 5) is 13.7. The smallest absolute Gasteiger partial charge is 0.246 e. The Morgan fingerprint density at radius 2 is 2.21 bits per heavy atom. The molecule has 0 radical (unpaired) electrons. The van der Waals surface area contributed by atoms with E-state index in [0.717, 1.165) is 36.3 Å². The number of piperidine rings is 1. The van der Waals surface area contributed by atoms with Crippen molar-refractivity contribution in [3.63, 3.8) is 0 Å². The van der Waals surface area contributed by atoms with Crippen molar-refractivity contribution >= 4 is 12.0 Å². The Balaban J connectivity index is 2.07. The molecule has 1 aliphatic rings. The van der Waals surface area contributed by atoms with E-state index in [1.807, 2.05) is 31.7 Å². The van der Waals surface area contributed by atoms with E-state index in [1.165, 1.54) is 0 Å². The van der Waals surface area contributed by atoms with E-state index < -0.39 is 0 Å². The van der Waals surface area contributed by atoms with Crippen LogP contribution in [0.25, 0.3) is 6.08 Å². The fraction of sp³-hybridized carbons (Fsp3) is 0.571. The molecule has 5 heteroatoms. The number of β-amino-alcohol motifs (C(OH)–C–C–N with tert-alkyl or cyclic N) is 1. The number of likely N-dealkylation sites (tertiary alicyclic amines) is 1. The molecule has 0 bridgehead atoms. The van der Waals surface area contributed by atoms with Crippen molar-refractivity contribution in [2.24, 2.45) is 7.05 Å². The van der Waals surface area contributed by atoms with Gasteiger partial charge in [0.05, 0.1) is 11.8 Å². The molecule has 1 aromatic heterocycles. The van der Waals surface area contributed by atoms with Gasteiger partial charge in [-0.1, -0.05) is 0 Å². The molecule has 0 aliphatic carbocycles. The highest BCUT2D eigenvalue weighted by Crippen LogP contribution is 2.15. The third-order valence-corrected chi connectivity index (χ3v) is 3.67. The van der Waals surface area contributed by atoms with Crippen LogP contribution in [0.5, 0.6) is 0 Å². The Kier molecular flexibility index (Phi) is 4.04. The molecule has 0 spiro atoms. The topological polar surface area (TPSA) is 58.4 Å². The molecule has 0 unspecified atom stereocenters. The molecule has 1 atom stereocenters. The first-order valence-electron chi connectivity index (χ1n) is 6.64. The van der Waals surface area contributed by atoms with E-state index in [9.17, 15) is 9.90 Å². The fourth-order valence-electron chi connectivity index (χ4n) is 2.45. The second kappa shape index (κ2) is 5.57. The van der Waals surface area contributed by atoms with Gasteiger partial charge < -0.3 is 10.0 Å². The number of hydrogen-bond donors (Lipinski definition) is 1. The maximum Gasteiger partial charge on any atom is 0.246 e. The minimum Gasteiger partial charge on any atom is -0.391 e. The normalized spacial score (nSPS) is 20.2. The lowest BCUT2D eigenvalue weighted by atomic mass is 10.1. The van der Waals surface area contributed by atoms with Gasteiger partial charge >= 0.3 is 0 Å². The Morgan fingerprint density at radius 3 is 2.79 bits per heavy atom. The van der Waals surface area contributed by atoms with Crippen molar-refractivity contribution in [3.05, 3.63) is 23.0 Å². The number of amides is 1. The van der Waals surface area contributed by atoms with Crippen LogP contribution in [0.1, 0.15) is 29.8 Å². The van der Waals surface area contributed by atoms with Gasteiger partial charge in [0.1, 0.15) is 0 Å². The molecule has 1 aromatic rings. The zero-order chi connectivity index (χ0) is 14.0. The Hall–Kier alpha value is -1.62. The quantitative estimate of drug-likeness (QED) is 0.811. The van der Waals surface area contributed by atoms with Gasteiger partial charge in [0.25, 0.3) is 0 Å². The SMILES string of the molecule is Cc1nn(C)c(C)c1/C=C/C(=O)N1CCC[C@H](O)C1. The van der Waals surface area contributed by atoms with Crippen molar-refractivity contribution in [1.29, 1.82) is 0 Å². The molecule has 0 saturated carbocycles. The lowest BCUT2D eigenvalue weighted by molar-refractivity contribution is -0.128. The van der Waals surface area contributed by atoms with Crippen molar-refractivity contribution in [1.82, 2.24) is 14.7 Å². The summed E-state index contributed by atoms with van der Waals surface area (Å²) in [6.07, 6.45) is 4.67. The predicted octanol–water partition coefficient (Wildman–Crippen LogP) is 1.03. The summed E-state index contributed by atoms with van der Waals surface area (Å²) in [5, 5.41) is 13.9. The molecule has 0 aromatic carbocycles. The Labute approximate surface area is 113 Å². The number of carbonyl (C=O) groups is 1. The van der Waals surface area contributed by atoms with Gasteiger partial charge in [0.15, 0.2) is 0 Å². The summed E-state index contributed by atoms with van der Waals surface area (Å²) in [6, 6.07) is 0. The van der Waals surface area contributed by atoms with Crippen molar-refractivity contribution < 1.29 is 9.90 Å². The van der Waals surface area contributed by atoms with E-state index in [4.69, 9.17) is 0 Å². The zero-order valence-corrected chi connectivity index (χ0v) is 11.8. The standard InChI is InChI=1S/C14H21N3O2/c1-10-13(11(2)16(3)15-10)6-7-14(19)17-8-4-5-12(18)9-17/h6-7,12,18H,4-5,8-9H2,1-3H3/b7-6+/t12-/m0/s1. The monoisotopic (exact) mass is 263 g/mol. The number of aryl methyl sites for hydroxylation is 2. The molecule has 19 heavy (non-hydrogen) atoms. The number of aromatic nitrogens is 2. The lowest BCUT2D eigenvalue weighted by Crippen LogP contribution is -2.41. The van der Waals surface area contributed by atoms with Crippen LogP contribution >= 0.6 is 0 Å². The largest absolute Gasteiger partial charge is 0.391 e. The number of nitrogens with zero attached hydrogens (tertiary/aromatic N) is 3. The molecule has 1 amide bonds. The molecule has 2 rings (SSSR count). The summed E-state index contributed by atoms with van der Waals surface area (Å²) in [5.74, 6) is -0.0404. The highest BCUT2D eigenvalue weighted by Gasteiger charge is 2.20. The summed E-state index contributed by atoms with van der Waals surface area (Å²) in [5.41, 5.74) is 2.95. The molecule has 104 valence electrons. The zero-order valence-electron chi connectivity index (χ0n) is 11.8. The molecular weight excluding hydrogens is 242 g/mol. The first-order chi connectivity index (χ1) is 8.99. The van der Waals surface area contributed by atoms with Gasteiger partial charge in [-0.2, -0.15) is 5.10 Å². The molecule has 2 heterocycles. The maximum atomic E-state index is 12.0. The summed E-state index contributed by atoms with van der Waals surface area (Å²) in [7, 11) is 1.89. The molecule has 1 fully saturated rings. The van der Waals surface area contributed by atoms with Crippen LogP contribution in [0.3, 0.4) is 0 Å². The highest BCUT2D eigenvalue weighted by atomic mass is 16.3. The van der Waals surface area contributed by atoms with Gasteiger partial charge in [-0.15, -0.1) is 0 Å². The maximum absolute atomic E-state index is 12.0. The van der Waals surface area contributed by atoms with E-state index >= 15 is 0 Å². The average molecular weight is 263 g/mol. The summed E-state index contributed by atoms with van der Waals surface area (Å²) < 4.78 is 1.81. The molecule has 1 N–H and O–H groups in total. The van der Waals surface area contributed by atoms with Crippen LogP contribution in [0.2, 0.25) is 0 Å². The third-order valence-electron chi connectivity index (χ3n) is 3.67. The predicted molar refractivity (Wildman–Crippen MR) is 73.5 cm³/mol. The number of aliphatic hydroxyl groups excluding tert-OH is 1. The van der Waals surface area contributed by atoms with Crippen LogP contribution < -0.4 is 0 Å². The van der Waals surface area contributed by atoms with E-state index in [2.05, 4.69) is 5.10 Å². The van der Waals surface area contributed by atoms with Crippen molar-refractivity contribution in [3.8, 4) is 0 Å². The van der Waals surface area contributed by atoms with Crippen LogP contribution in [-0.2, 0) is 11.8 Å². The number of aliphatic hydroxyl groups is 1. The van der Waals surface area contributed by atoms with Gasteiger partial charge in [-0.3, -0.25) is 9.48 Å². The average Bonchev–Trinajstić information content (AvgIpc) is 2.61. The van der Waals surface area contributed by atoms with E-state index in [-0.39, 0.29) is 12.0 Å². The van der Waals surface area contributed by atoms with Crippen LogP contribution in [0.4, 0.5) is 0 Å². The Morgan fingerprint density at radius 1 is 1.47 bits per heavy atom. The summed E-state index contributed by atoms with van der Waals surface area (Å²) in [6.45, 7) is 5.08. The second-order valence-electron chi connectivity index (χ2n) is 5.12. The summed E-state index contributed by atoms with van der Waals surface area (Å²) >= 11 is 0. The van der Waals surface area contributed by atoms with Crippen molar-refractivity contribution in [2.75, 3.05) is 13.1 Å². The minimum atomic E-state index is -0.382. The number of carbonyl (C=O) groups excluding carboxylic acids is 1. The molecule has 5 nitrogen and oxygen atoms in total. The van der Waals surface area contributed by atoms with E-state index in [0.29, 0.717) is 6.54 Å². The first-order valence-corrected chi connectivity index (χ1v) is 6.64. The Bertz CT molecular complexity index is 505. The van der Waals surface area contributed by atoms with Crippen LogP contribution in [-0.4, -0.2) is 44.9 Å². The van der Waals surface area contributed by atoms with Crippen LogP contribution in [0, 0.1) is 13.8 Å². The van der Waals surface area contributed by atoms with Gasteiger partial charge in [-0.25, -0.2) is 0 Å². The second-order valence-corrected chi connectivity index (χ2v) is 5.12. The molecule has 1 saturated heterocycles. The van der Waals surface area contributed by atoms with Gasteiger partial charge in [0, 0.05) is 37.5 Å². The lowest BCUT2D eigenvalue weighted by Gasteiger charge is -2.29. The third kappa shape index (κ3) is 3.04. The minimum absolute atomic E-state index is 0.0404. The van der Waals surface area contributed by atoms with E-state index in [1.54, 1.807) is 11.0 Å². The first kappa shape index (κ1) is 13.8. The number of rotatable bonds is 2. The highest BCUT2D eigenvalue weighted by molar-refractivity contribution is 5.92. The molecular formula is C14H21N3O2. The van der Waals surface area contributed by atoms with Gasteiger partial charge in [0.2, 0.25) is 5.91 Å². The van der Waals surface area contributed by atoms with Crippen molar-refractivity contribution in [2.45, 2.75) is 32.8 Å². The molecule has 1 aliphatic heterocycles.